The fraction of sp³-hybridized carbons (Fsp3) is 0.125. The minimum absolute atomic E-state index is 0.253. The van der Waals surface area contributed by atoms with Crippen LogP contribution < -0.4 is 10.6 Å². The summed E-state index contributed by atoms with van der Waals surface area (Å²) < 4.78 is 19.2. The Morgan fingerprint density at radius 2 is 2.00 bits per heavy atom. The molecule has 1 aromatic carbocycles. The highest BCUT2D eigenvalue weighted by atomic mass is 19.1. The summed E-state index contributed by atoms with van der Waals surface area (Å²) in [6, 6.07) is 8.52. The van der Waals surface area contributed by atoms with Crippen molar-refractivity contribution in [2.24, 2.45) is 0 Å². The number of hydrogen-bond donors (Lipinski definition) is 2. The summed E-state index contributed by atoms with van der Waals surface area (Å²) in [6.07, 6.45) is 2.95. The lowest BCUT2D eigenvalue weighted by molar-refractivity contribution is 0.571. The number of fused-ring (bicyclic) bond motifs is 1. The van der Waals surface area contributed by atoms with E-state index in [1.807, 2.05) is 19.1 Å². The molecule has 3 aromatic rings. The summed E-state index contributed by atoms with van der Waals surface area (Å²) in [5.41, 5.74) is 3.66. The molecule has 1 atom stereocenters. The van der Waals surface area contributed by atoms with Gasteiger partial charge < -0.3 is 15.1 Å². The highest BCUT2D eigenvalue weighted by Gasteiger charge is 2.24. The maximum Gasteiger partial charge on any atom is 0.245 e. The molecule has 22 heavy (non-hydrogen) atoms. The fourth-order valence-electron chi connectivity index (χ4n) is 2.49. The summed E-state index contributed by atoms with van der Waals surface area (Å²) in [6.45, 7) is 1.86. The Balaban J connectivity index is 1.66. The molecule has 4 rings (SSSR count). The van der Waals surface area contributed by atoms with Crippen molar-refractivity contribution in [3.63, 3.8) is 0 Å². The number of anilines is 2. The number of aromatic nitrogens is 2. The molecule has 2 N–H and O–H groups in total. The second-order valence-corrected chi connectivity index (χ2v) is 5.15. The standard InChI is InChI=1S/C16H13FN4O/c1-9-8-22-16(19-9)13-6-12-14(7-18-13)21-15(20-12)10-4-2-3-5-11(10)17/h2-8,15,20-21H,1H3. The molecule has 1 unspecified atom stereocenters. The van der Waals surface area contributed by atoms with Gasteiger partial charge in [-0.1, -0.05) is 18.2 Å². The lowest BCUT2D eigenvalue weighted by Crippen LogP contribution is -2.13. The molecule has 0 amide bonds. The minimum Gasteiger partial charge on any atom is -0.443 e. The SMILES string of the molecule is Cc1coc(-c2cc3c(cn2)NC(c2ccccc2F)N3)n1. The molecule has 0 radical (unpaired) electrons. The van der Waals surface area contributed by atoms with Gasteiger partial charge in [-0.25, -0.2) is 14.4 Å². The van der Waals surface area contributed by atoms with E-state index in [9.17, 15) is 4.39 Å². The smallest absolute Gasteiger partial charge is 0.245 e. The van der Waals surface area contributed by atoms with E-state index in [4.69, 9.17) is 4.42 Å². The molecule has 1 aliphatic heterocycles. The average Bonchev–Trinajstić information content (AvgIpc) is 3.12. The van der Waals surface area contributed by atoms with Gasteiger partial charge in [-0.2, -0.15) is 0 Å². The molecule has 0 spiro atoms. The molecule has 2 aromatic heterocycles. The summed E-state index contributed by atoms with van der Waals surface area (Å²) in [7, 11) is 0. The second-order valence-electron chi connectivity index (χ2n) is 5.15. The number of benzene rings is 1. The number of nitrogens with one attached hydrogen (secondary N) is 2. The molecule has 110 valence electrons. The maximum absolute atomic E-state index is 13.9. The van der Waals surface area contributed by atoms with Crippen molar-refractivity contribution >= 4 is 11.4 Å². The first-order chi connectivity index (χ1) is 10.7. The zero-order valence-electron chi connectivity index (χ0n) is 11.8. The van der Waals surface area contributed by atoms with E-state index >= 15 is 0 Å². The van der Waals surface area contributed by atoms with Crippen molar-refractivity contribution in [2.75, 3.05) is 10.6 Å². The third-order valence-corrected chi connectivity index (χ3v) is 3.56. The Bertz CT molecular complexity index is 846. The number of oxazole rings is 1. The summed E-state index contributed by atoms with van der Waals surface area (Å²) in [4.78, 5) is 8.59. The molecule has 0 saturated heterocycles. The Hall–Kier alpha value is -2.89. The zero-order valence-corrected chi connectivity index (χ0v) is 11.8. The molecule has 0 bridgehead atoms. The van der Waals surface area contributed by atoms with Gasteiger partial charge in [0.2, 0.25) is 5.89 Å². The van der Waals surface area contributed by atoms with Crippen molar-refractivity contribution in [3.8, 4) is 11.6 Å². The topological polar surface area (TPSA) is 63.0 Å². The van der Waals surface area contributed by atoms with E-state index in [2.05, 4.69) is 20.6 Å². The van der Waals surface area contributed by atoms with Crippen LogP contribution >= 0.6 is 0 Å². The van der Waals surface area contributed by atoms with E-state index < -0.39 is 0 Å². The highest BCUT2D eigenvalue weighted by Crippen LogP contribution is 2.37. The predicted octanol–water partition coefficient (Wildman–Crippen LogP) is 3.72. The number of rotatable bonds is 2. The first-order valence-electron chi connectivity index (χ1n) is 6.91. The van der Waals surface area contributed by atoms with Crippen LogP contribution in [0.3, 0.4) is 0 Å². The van der Waals surface area contributed by atoms with E-state index in [0.717, 1.165) is 17.1 Å². The van der Waals surface area contributed by atoms with Gasteiger partial charge in [-0.3, -0.25) is 0 Å². The number of halogens is 1. The first kappa shape index (κ1) is 12.8. The van der Waals surface area contributed by atoms with Crippen molar-refractivity contribution in [1.29, 1.82) is 0 Å². The average molecular weight is 296 g/mol. The molecule has 6 heteroatoms. The third kappa shape index (κ3) is 2.09. The van der Waals surface area contributed by atoms with E-state index in [0.29, 0.717) is 17.1 Å². The quantitative estimate of drug-likeness (QED) is 0.754. The Morgan fingerprint density at radius 1 is 1.18 bits per heavy atom. The highest BCUT2D eigenvalue weighted by molar-refractivity contribution is 5.77. The van der Waals surface area contributed by atoms with Crippen molar-refractivity contribution in [2.45, 2.75) is 13.1 Å². The van der Waals surface area contributed by atoms with Crippen LogP contribution in [0.5, 0.6) is 0 Å². The van der Waals surface area contributed by atoms with Crippen LogP contribution in [-0.2, 0) is 0 Å². The van der Waals surface area contributed by atoms with E-state index in [-0.39, 0.29) is 12.0 Å². The minimum atomic E-state index is -0.320. The van der Waals surface area contributed by atoms with Crippen LogP contribution in [0.1, 0.15) is 17.4 Å². The van der Waals surface area contributed by atoms with Crippen molar-refractivity contribution < 1.29 is 8.81 Å². The summed E-state index contributed by atoms with van der Waals surface area (Å²) >= 11 is 0. The van der Waals surface area contributed by atoms with Crippen LogP contribution in [0.15, 0.2) is 47.2 Å². The zero-order chi connectivity index (χ0) is 15.1. The van der Waals surface area contributed by atoms with Gasteiger partial charge in [-0.15, -0.1) is 0 Å². The summed E-state index contributed by atoms with van der Waals surface area (Å²) in [5.74, 6) is 0.216. The van der Waals surface area contributed by atoms with E-state index in [1.54, 1.807) is 24.6 Å². The lowest BCUT2D eigenvalue weighted by atomic mass is 10.1. The van der Waals surface area contributed by atoms with E-state index in [1.165, 1.54) is 6.07 Å². The van der Waals surface area contributed by atoms with Gasteiger partial charge in [0.05, 0.1) is 23.3 Å². The number of aryl methyl sites for hydroxylation is 1. The predicted molar refractivity (Wildman–Crippen MR) is 80.9 cm³/mol. The molecule has 1 aliphatic rings. The molecule has 0 aliphatic carbocycles. The molecule has 0 fully saturated rings. The number of nitrogens with zero attached hydrogens (tertiary/aromatic N) is 2. The number of hydrogen-bond acceptors (Lipinski definition) is 5. The monoisotopic (exact) mass is 296 g/mol. The van der Waals surface area contributed by atoms with Crippen LogP contribution in [0.4, 0.5) is 15.8 Å². The third-order valence-electron chi connectivity index (χ3n) is 3.56. The van der Waals surface area contributed by atoms with Gasteiger partial charge >= 0.3 is 0 Å². The lowest BCUT2D eigenvalue weighted by Gasteiger charge is -2.13. The Labute approximate surface area is 126 Å². The molecule has 0 saturated carbocycles. The number of pyridine rings is 1. The van der Waals surface area contributed by atoms with Crippen LogP contribution in [0, 0.1) is 12.7 Å². The Kier molecular flexibility index (Phi) is 2.82. The second kappa shape index (κ2) is 4.84. The van der Waals surface area contributed by atoms with Gasteiger partial charge in [0.1, 0.15) is 23.9 Å². The van der Waals surface area contributed by atoms with Crippen LogP contribution in [0.2, 0.25) is 0 Å². The maximum atomic E-state index is 13.9. The van der Waals surface area contributed by atoms with Gasteiger partial charge in [0.15, 0.2) is 0 Å². The van der Waals surface area contributed by atoms with Gasteiger partial charge in [0, 0.05) is 5.56 Å². The van der Waals surface area contributed by atoms with Crippen LogP contribution in [-0.4, -0.2) is 9.97 Å². The molecular weight excluding hydrogens is 283 g/mol. The summed E-state index contributed by atoms with van der Waals surface area (Å²) in [5, 5.41) is 6.46. The van der Waals surface area contributed by atoms with Crippen molar-refractivity contribution in [1.82, 2.24) is 9.97 Å². The largest absolute Gasteiger partial charge is 0.443 e. The molecule has 3 heterocycles. The van der Waals surface area contributed by atoms with Gasteiger partial charge in [-0.05, 0) is 19.1 Å². The first-order valence-corrected chi connectivity index (χ1v) is 6.91. The Morgan fingerprint density at radius 3 is 2.77 bits per heavy atom. The molecular formula is C16H13FN4O. The fourth-order valence-corrected chi connectivity index (χ4v) is 2.49. The van der Waals surface area contributed by atoms with Crippen LogP contribution in [0.25, 0.3) is 11.6 Å². The molecule has 5 nitrogen and oxygen atoms in total. The normalized spacial score (nSPS) is 16.0. The van der Waals surface area contributed by atoms with Gasteiger partial charge in [0.25, 0.3) is 0 Å². The van der Waals surface area contributed by atoms with Crippen molar-refractivity contribution in [3.05, 3.63) is 59.9 Å².